The Morgan fingerprint density at radius 3 is 2.30 bits per heavy atom. The van der Waals surface area contributed by atoms with Gasteiger partial charge in [-0.3, -0.25) is 9.78 Å². The van der Waals surface area contributed by atoms with Crippen LogP contribution in [0, 0.1) is 5.82 Å². The highest BCUT2D eigenvalue weighted by Gasteiger charge is 2.31. The first-order valence-corrected chi connectivity index (χ1v) is 5.66. The van der Waals surface area contributed by atoms with Gasteiger partial charge in [0.15, 0.2) is 6.29 Å². The molecule has 0 saturated carbocycles. The quantitative estimate of drug-likeness (QED) is 0.636. The number of carbonyl (C=O) groups excluding carboxylic acids is 1. The first kappa shape index (κ1) is 14.2. The van der Waals surface area contributed by atoms with E-state index in [1.54, 1.807) is 6.07 Å². The fourth-order valence-corrected chi connectivity index (χ4v) is 1.71. The van der Waals surface area contributed by atoms with Crippen LogP contribution in [0.2, 0.25) is 0 Å². The topological polar surface area (TPSA) is 30.0 Å². The van der Waals surface area contributed by atoms with E-state index in [-0.39, 0.29) is 12.0 Å². The molecule has 0 radical (unpaired) electrons. The third kappa shape index (κ3) is 3.20. The summed E-state index contributed by atoms with van der Waals surface area (Å²) in [5.41, 5.74) is 0.0499. The van der Waals surface area contributed by atoms with Crippen molar-refractivity contribution in [2.75, 3.05) is 0 Å². The summed E-state index contributed by atoms with van der Waals surface area (Å²) >= 11 is 0. The van der Waals surface area contributed by atoms with E-state index in [0.717, 1.165) is 12.3 Å². The van der Waals surface area contributed by atoms with Gasteiger partial charge in [-0.1, -0.05) is 12.1 Å². The predicted octanol–water partition coefficient (Wildman–Crippen LogP) is 3.64. The number of rotatable bonds is 3. The molecule has 0 aliphatic rings. The largest absolute Gasteiger partial charge is 0.433 e. The molecule has 0 saturated heterocycles. The number of hydrogen-bond donors (Lipinski definition) is 0. The lowest BCUT2D eigenvalue weighted by molar-refractivity contribution is -0.141. The first-order valence-electron chi connectivity index (χ1n) is 5.66. The Hall–Kier alpha value is -2.24. The van der Waals surface area contributed by atoms with E-state index in [4.69, 9.17) is 0 Å². The van der Waals surface area contributed by atoms with Crippen molar-refractivity contribution in [2.24, 2.45) is 0 Å². The van der Waals surface area contributed by atoms with Gasteiger partial charge < -0.3 is 0 Å². The fraction of sp³-hybridized carbons (Fsp3) is 0.143. The molecule has 0 N–H and O–H groups in total. The van der Waals surface area contributed by atoms with Crippen LogP contribution >= 0.6 is 0 Å². The standard InChI is InChI=1S/C14H9F4NO/c15-12-6-9(1-3-11(12)8-20)5-10-2-4-13(19-7-10)14(16,17)18/h1-4,6-8H,5H2. The SMILES string of the molecule is O=Cc1ccc(Cc2ccc(C(F)(F)F)nc2)cc1F. The Kier molecular flexibility index (Phi) is 3.83. The summed E-state index contributed by atoms with van der Waals surface area (Å²) in [6, 6.07) is 6.23. The molecular formula is C14H9F4NO. The predicted molar refractivity (Wildman–Crippen MR) is 63.8 cm³/mol. The maximum atomic E-state index is 13.4. The van der Waals surface area contributed by atoms with Crippen molar-refractivity contribution in [3.05, 3.63) is 64.7 Å². The number of benzene rings is 1. The van der Waals surface area contributed by atoms with E-state index in [1.807, 2.05) is 0 Å². The van der Waals surface area contributed by atoms with Gasteiger partial charge in [-0.25, -0.2) is 4.39 Å². The van der Waals surface area contributed by atoms with E-state index in [2.05, 4.69) is 4.98 Å². The molecule has 2 nitrogen and oxygen atoms in total. The minimum absolute atomic E-state index is 0.0562. The van der Waals surface area contributed by atoms with Gasteiger partial charge in [0.2, 0.25) is 0 Å². The zero-order valence-corrected chi connectivity index (χ0v) is 10.1. The molecule has 2 rings (SSSR count). The van der Waals surface area contributed by atoms with Crippen LogP contribution in [0.1, 0.15) is 27.2 Å². The van der Waals surface area contributed by atoms with Crippen molar-refractivity contribution in [1.29, 1.82) is 0 Å². The smallest absolute Gasteiger partial charge is 0.298 e. The van der Waals surface area contributed by atoms with Gasteiger partial charge >= 0.3 is 6.18 Å². The first-order chi connectivity index (χ1) is 9.40. The van der Waals surface area contributed by atoms with E-state index in [0.29, 0.717) is 17.4 Å². The number of pyridine rings is 1. The second kappa shape index (κ2) is 5.40. The zero-order valence-electron chi connectivity index (χ0n) is 10.1. The molecule has 104 valence electrons. The molecule has 0 aliphatic carbocycles. The Morgan fingerprint density at radius 1 is 1.10 bits per heavy atom. The number of aldehydes is 1. The maximum Gasteiger partial charge on any atom is 0.433 e. The van der Waals surface area contributed by atoms with Crippen molar-refractivity contribution in [2.45, 2.75) is 12.6 Å². The summed E-state index contributed by atoms with van der Waals surface area (Å²) in [5, 5.41) is 0. The van der Waals surface area contributed by atoms with Crippen LogP contribution in [-0.2, 0) is 12.6 Å². The van der Waals surface area contributed by atoms with Crippen LogP contribution in [-0.4, -0.2) is 11.3 Å². The third-order valence-corrected chi connectivity index (χ3v) is 2.72. The van der Waals surface area contributed by atoms with Crippen molar-refractivity contribution < 1.29 is 22.4 Å². The highest BCUT2D eigenvalue weighted by molar-refractivity contribution is 5.75. The lowest BCUT2D eigenvalue weighted by atomic mass is 10.0. The van der Waals surface area contributed by atoms with E-state index in [1.165, 1.54) is 18.2 Å². The summed E-state index contributed by atoms with van der Waals surface area (Å²) in [7, 11) is 0. The Bertz CT molecular complexity index is 620. The number of aromatic nitrogens is 1. The minimum atomic E-state index is -4.48. The van der Waals surface area contributed by atoms with Crippen LogP contribution in [0.15, 0.2) is 36.5 Å². The summed E-state index contributed by atoms with van der Waals surface area (Å²) in [6.45, 7) is 0. The van der Waals surface area contributed by atoms with Gasteiger partial charge in [-0.2, -0.15) is 13.2 Å². The van der Waals surface area contributed by atoms with E-state index >= 15 is 0 Å². The van der Waals surface area contributed by atoms with Crippen LogP contribution in [0.5, 0.6) is 0 Å². The van der Waals surface area contributed by atoms with Crippen molar-refractivity contribution in [3.8, 4) is 0 Å². The number of carbonyl (C=O) groups is 1. The van der Waals surface area contributed by atoms with Crippen molar-refractivity contribution >= 4 is 6.29 Å². The monoisotopic (exact) mass is 283 g/mol. The molecule has 0 bridgehead atoms. The average molecular weight is 283 g/mol. The van der Waals surface area contributed by atoms with Crippen LogP contribution in [0.25, 0.3) is 0 Å². The molecule has 0 spiro atoms. The molecule has 20 heavy (non-hydrogen) atoms. The zero-order chi connectivity index (χ0) is 14.8. The summed E-state index contributed by atoms with van der Waals surface area (Å²) < 4.78 is 50.4. The van der Waals surface area contributed by atoms with Crippen LogP contribution in [0.3, 0.4) is 0 Å². The number of alkyl halides is 3. The molecule has 1 heterocycles. The Balaban J connectivity index is 2.18. The molecule has 0 aliphatic heterocycles. The second-order valence-electron chi connectivity index (χ2n) is 4.20. The third-order valence-electron chi connectivity index (χ3n) is 2.72. The number of halogens is 4. The molecule has 0 unspecified atom stereocenters. The highest BCUT2D eigenvalue weighted by atomic mass is 19.4. The van der Waals surface area contributed by atoms with Gasteiger partial charge in [0, 0.05) is 6.20 Å². The lowest BCUT2D eigenvalue weighted by Gasteiger charge is -2.07. The Morgan fingerprint density at radius 2 is 1.80 bits per heavy atom. The lowest BCUT2D eigenvalue weighted by Crippen LogP contribution is -2.07. The van der Waals surface area contributed by atoms with Crippen LogP contribution < -0.4 is 0 Å². The fourth-order valence-electron chi connectivity index (χ4n) is 1.71. The summed E-state index contributed by atoms with van der Waals surface area (Å²) in [4.78, 5) is 13.8. The average Bonchev–Trinajstić information content (AvgIpc) is 2.38. The summed E-state index contributed by atoms with van der Waals surface area (Å²) in [6.07, 6.45) is -2.73. The highest BCUT2D eigenvalue weighted by Crippen LogP contribution is 2.27. The molecule has 0 amide bonds. The van der Waals surface area contributed by atoms with Gasteiger partial charge in [0.25, 0.3) is 0 Å². The van der Waals surface area contributed by atoms with Crippen molar-refractivity contribution in [3.63, 3.8) is 0 Å². The maximum absolute atomic E-state index is 13.4. The molecule has 1 aromatic carbocycles. The molecule has 6 heteroatoms. The normalized spacial score (nSPS) is 11.4. The Labute approximate surface area is 112 Å². The minimum Gasteiger partial charge on any atom is -0.298 e. The number of nitrogens with zero attached hydrogens (tertiary/aromatic N) is 1. The molecule has 1 aromatic heterocycles. The van der Waals surface area contributed by atoms with E-state index in [9.17, 15) is 22.4 Å². The molecule has 0 atom stereocenters. The van der Waals surface area contributed by atoms with Gasteiger partial charge in [0.1, 0.15) is 11.5 Å². The van der Waals surface area contributed by atoms with Gasteiger partial charge in [-0.15, -0.1) is 0 Å². The summed E-state index contributed by atoms with van der Waals surface area (Å²) in [5.74, 6) is -0.655. The van der Waals surface area contributed by atoms with Crippen molar-refractivity contribution in [1.82, 2.24) is 4.98 Å². The van der Waals surface area contributed by atoms with Gasteiger partial charge in [0.05, 0.1) is 5.56 Å². The van der Waals surface area contributed by atoms with Crippen LogP contribution in [0.4, 0.5) is 17.6 Å². The number of hydrogen-bond acceptors (Lipinski definition) is 2. The molecular weight excluding hydrogens is 274 g/mol. The molecule has 2 aromatic rings. The van der Waals surface area contributed by atoms with E-state index < -0.39 is 17.7 Å². The molecule has 0 fully saturated rings. The van der Waals surface area contributed by atoms with Gasteiger partial charge in [-0.05, 0) is 35.7 Å². The second-order valence-corrected chi connectivity index (χ2v) is 4.20.